The van der Waals surface area contributed by atoms with E-state index in [4.69, 9.17) is 0 Å². The molecule has 2 unspecified atom stereocenters. The minimum Gasteiger partial charge on any atom is -0.316 e. The Balaban J connectivity index is 2.01. The molecule has 2 atom stereocenters. The lowest BCUT2D eigenvalue weighted by atomic mass is 9.95. The average Bonchev–Trinajstić information content (AvgIpc) is 2.75. The Kier molecular flexibility index (Phi) is 1.52. The second kappa shape index (κ2) is 2.54. The molecule has 14 heavy (non-hydrogen) atoms. The van der Waals surface area contributed by atoms with Gasteiger partial charge in [-0.2, -0.15) is 0 Å². The second-order valence-electron chi connectivity index (χ2n) is 4.32. The van der Waals surface area contributed by atoms with Crippen LogP contribution in [0.2, 0.25) is 0 Å². The minimum absolute atomic E-state index is 0.120. The summed E-state index contributed by atoms with van der Waals surface area (Å²) in [5.41, 5.74) is 1.07. The summed E-state index contributed by atoms with van der Waals surface area (Å²) < 4.78 is 25.8. The molecule has 1 aliphatic carbocycles. The van der Waals surface area contributed by atoms with Crippen LogP contribution in [-0.4, -0.2) is 13.1 Å². The van der Waals surface area contributed by atoms with E-state index in [1.54, 1.807) is 6.07 Å². The Bertz CT molecular complexity index is 391. The fourth-order valence-corrected chi connectivity index (χ4v) is 2.60. The molecule has 0 radical (unpaired) electrons. The summed E-state index contributed by atoms with van der Waals surface area (Å²) >= 11 is 0. The molecule has 1 heterocycles. The Morgan fingerprint density at radius 3 is 2.71 bits per heavy atom. The lowest BCUT2D eigenvalue weighted by Gasteiger charge is -2.12. The number of rotatable bonds is 1. The van der Waals surface area contributed by atoms with Crippen molar-refractivity contribution in [1.82, 2.24) is 5.32 Å². The van der Waals surface area contributed by atoms with E-state index in [1.165, 1.54) is 12.1 Å². The Hall–Kier alpha value is -0.960. The first-order chi connectivity index (χ1) is 6.72. The third-order valence-electron chi connectivity index (χ3n) is 3.56. The molecule has 74 valence electrons. The standard InChI is InChI=1S/C11H11F2N/c12-9-2-1-7(3-10(9)13)11-4-8(11)5-14-6-11/h1-3,8,14H,4-6H2. The van der Waals surface area contributed by atoms with Gasteiger partial charge in [0.1, 0.15) is 0 Å². The van der Waals surface area contributed by atoms with E-state index < -0.39 is 11.6 Å². The fourth-order valence-electron chi connectivity index (χ4n) is 2.60. The third-order valence-corrected chi connectivity index (χ3v) is 3.56. The molecular weight excluding hydrogens is 184 g/mol. The first-order valence-corrected chi connectivity index (χ1v) is 4.89. The van der Waals surface area contributed by atoms with E-state index >= 15 is 0 Å². The zero-order valence-corrected chi connectivity index (χ0v) is 7.69. The SMILES string of the molecule is Fc1ccc(C23CNCC2C3)cc1F. The molecule has 2 fully saturated rings. The molecule has 0 amide bonds. The highest BCUT2D eigenvalue weighted by molar-refractivity contribution is 5.37. The zero-order valence-electron chi connectivity index (χ0n) is 7.69. The van der Waals surface area contributed by atoms with Crippen LogP contribution >= 0.6 is 0 Å². The van der Waals surface area contributed by atoms with Gasteiger partial charge in [0.15, 0.2) is 11.6 Å². The van der Waals surface area contributed by atoms with Crippen LogP contribution in [0.1, 0.15) is 12.0 Å². The smallest absolute Gasteiger partial charge is 0.159 e. The van der Waals surface area contributed by atoms with E-state index in [0.29, 0.717) is 5.92 Å². The monoisotopic (exact) mass is 195 g/mol. The van der Waals surface area contributed by atoms with Gasteiger partial charge in [-0.1, -0.05) is 6.07 Å². The van der Waals surface area contributed by atoms with Crippen molar-refractivity contribution in [1.29, 1.82) is 0 Å². The fraction of sp³-hybridized carbons (Fsp3) is 0.455. The van der Waals surface area contributed by atoms with Crippen molar-refractivity contribution in [3.05, 3.63) is 35.4 Å². The van der Waals surface area contributed by atoms with Crippen molar-refractivity contribution in [2.75, 3.05) is 13.1 Å². The number of hydrogen-bond acceptors (Lipinski definition) is 1. The molecule has 3 rings (SSSR count). The van der Waals surface area contributed by atoms with Crippen LogP contribution in [0.3, 0.4) is 0 Å². The van der Waals surface area contributed by atoms with Crippen LogP contribution in [0.15, 0.2) is 18.2 Å². The summed E-state index contributed by atoms with van der Waals surface area (Å²) in [5, 5.41) is 3.28. The van der Waals surface area contributed by atoms with Crippen molar-refractivity contribution in [3.8, 4) is 0 Å². The second-order valence-corrected chi connectivity index (χ2v) is 4.32. The maximum absolute atomic E-state index is 13.0. The third kappa shape index (κ3) is 0.960. The highest BCUT2D eigenvalue weighted by Crippen LogP contribution is 2.56. The molecule has 0 spiro atoms. The van der Waals surface area contributed by atoms with Gasteiger partial charge in [-0.25, -0.2) is 8.78 Å². The number of benzene rings is 1. The van der Waals surface area contributed by atoms with E-state index in [-0.39, 0.29) is 5.41 Å². The summed E-state index contributed by atoms with van der Waals surface area (Å²) in [6.45, 7) is 1.92. The molecule has 1 aromatic rings. The van der Waals surface area contributed by atoms with Crippen LogP contribution in [0.4, 0.5) is 8.78 Å². The summed E-state index contributed by atoms with van der Waals surface area (Å²) in [5.74, 6) is -0.852. The number of halogens is 2. The Labute approximate surface area is 81.1 Å². The zero-order chi connectivity index (χ0) is 9.76. The van der Waals surface area contributed by atoms with Crippen LogP contribution < -0.4 is 5.32 Å². The molecule has 1 nitrogen and oxygen atoms in total. The number of hydrogen-bond donors (Lipinski definition) is 1. The van der Waals surface area contributed by atoms with Gasteiger partial charge in [-0.15, -0.1) is 0 Å². The number of piperidine rings is 1. The van der Waals surface area contributed by atoms with E-state index in [9.17, 15) is 8.78 Å². The number of fused-ring (bicyclic) bond motifs is 1. The number of nitrogens with one attached hydrogen (secondary N) is 1. The summed E-state index contributed by atoms with van der Waals surface area (Å²) in [6, 6.07) is 4.29. The maximum Gasteiger partial charge on any atom is 0.159 e. The van der Waals surface area contributed by atoms with Crippen molar-refractivity contribution in [2.45, 2.75) is 11.8 Å². The molecule has 0 aromatic heterocycles. The molecule has 3 heteroatoms. The van der Waals surface area contributed by atoms with Gasteiger partial charge in [0.25, 0.3) is 0 Å². The van der Waals surface area contributed by atoms with Gasteiger partial charge < -0.3 is 5.32 Å². The minimum atomic E-state index is -0.756. The molecule has 1 N–H and O–H groups in total. The highest BCUT2D eigenvalue weighted by Gasteiger charge is 2.58. The summed E-state index contributed by atoms with van der Waals surface area (Å²) in [4.78, 5) is 0. The van der Waals surface area contributed by atoms with Gasteiger partial charge in [0.05, 0.1) is 0 Å². The lowest BCUT2D eigenvalue weighted by molar-refractivity contribution is 0.504. The summed E-state index contributed by atoms with van der Waals surface area (Å²) in [6.07, 6.45) is 1.12. The van der Waals surface area contributed by atoms with Crippen LogP contribution in [0, 0.1) is 17.6 Å². The van der Waals surface area contributed by atoms with Crippen molar-refractivity contribution < 1.29 is 8.78 Å². The molecule has 1 saturated carbocycles. The molecule has 1 saturated heterocycles. The van der Waals surface area contributed by atoms with Crippen molar-refractivity contribution in [3.63, 3.8) is 0 Å². The first kappa shape index (κ1) is 8.36. The summed E-state index contributed by atoms with van der Waals surface area (Å²) in [7, 11) is 0. The van der Waals surface area contributed by atoms with E-state index in [0.717, 1.165) is 25.1 Å². The molecule has 1 aliphatic heterocycles. The van der Waals surface area contributed by atoms with Crippen molar-refractivity contribution >= 4 is 0 Å². The largest absolute Gasteiger partial charge is 0.316 e. The van der Waals surface area contributed by atoms with Crippen LogP contribution in [0.25, 0.3) is 0 Å². The molecule has 0 bridgehead atoms. The maximum atomic E-state index is 13.0. The molecule has 2 aliphatic rings. The predicted octanol–water partition coefficient (Wildman–Crippen LogP) is 1.83. The molecule has 1 aromatic carbocycles. The van der Waals surface area contributed by atoms with Gasteiger partial charge in [-0.05, 0) is 36.6 Å². The quantitative estimate of drug-likeness (QED) is 0.720. The Morgan fingerprint density at radius 2 is 2.14 bits per heavy atom. The van der Waals surface area contributed by atoms with Gasteiger partial charge in [0.2, 0.25) is 0 Å². The van der Waals surface area contributed by atoms with Crippen LogP contribution in [0.5, 0.6) is 0 Å². The topological polar surface area (TPSA) is 12.0 Å². The van der Waals surface area contributed by atoms with Gasteiger partial charge in [0, 0.05) is 12.0 Å². The molecular formula is C11H11F2N. The predicted molar refractivity (Wildman–Crippen MR) is 49.0 cm³/mol. The van der Waals surface area contributed by atoms with Gasteiger partial charge in [-0.3, -0.25) is 0 Å². The van der Waals surface area contributed by atoms with Crippen LogP contribution in [-0.2, 0) is 5.41 Å². The lowest BCUT2D eigenvalue weighted by Crippen LogP contribution is -2.19. The first-order valence-electron chi connectivity index (χ1n) is 4.89. The van der Waals surface area contributed by atoms with Gasteiger partial charge >= 0.3 is 0 Å². The van der Waals surface area contributed by atoms with E-state index in [1.807, 2.05) is 0 Å². The average molecular weight is 195 g/mol. The van der Waals surface area contributed by atoms with E-state index in [2.05, 4.69) is 5.32 Å². The van der Waals surface area contributed by atoms with Crippen molar-refractivity contribution in [2.24, 2.45) is 5.92 Å². The highest BCUT2D eigenvalue weighted by atomic mass is 19.2. The Morgan fingerprint density at radius 1 is 1.29 bits per heavy atom. The normalized spacial score (nSPS) is 34.3.